The molecule has 1 aliphatic heterocycles. The third kappa shape index (κ3) is 4.71. The van der Waals surface area contributed by atoms with Crippen LogP contribution in [0.4, 0.5) is 4.39 Å². The summed E-state index contributed by atoms with van der Waals surface area (Å²) in [6, 6.07) is 13.4. The number of halogens is 1. The van der Waals surface area contributed by atoms with Crippen molar-refractivity contribution in [2.45, 2.75) is 32.6 Å². The topological polar surface area (TPSA) is 56.6 Å². The summed E-state index contributed by atoms with van der Waals surface area (Å²) in [4.78, 5) is 14.5. The minimum Gasteiger partial charge on any atom is -0.497 e. The molecule has 0 aliphatic carbocycles. The number of amides is 1. The maximum absolute atomic E-state index is 13.4. The number of hydrogen-bond donors (Lipinski definition) is 0. The third-order valence-electron chi connectivity index (χ3n) is 5.53. The highest BCUT2D eigenvalue weighted by Crippen LogP contribution is 2.32. The molecule has 1 amide bonds. The van der Waals surface area contributed by atoms with Crippen molar-refractivity contribution in [3.63, 3.8) is 0 Å². The first-order valence-electron chi connectivity index (χ1n) is 10.5. The summed E-state index contributed by atoms with van der Waals surface area (Å²) < 4.78 is 26.5. The van der Waals surface area contributed by atoms with Gasteiger partial charge in [-0.2, -0.15) is 5.10 Å². The molecule has 0 N–H and O–H groups in total. The number of aryl methyl sites for hydroxylation is 1. The van der Waals surface area contributed by atoms with Crippen molar-refractivity contribution in [1.82, 2.24) is 14.7 Å². The number of aromatic nitrogens is 2. The lowest BCUT2D eigenvalue weighted by Crippen LogP contribution is -2.27. The van der Waals surface area contributed by atoms with E-state index >= 15 is 0 Å². The molecule has 1 aliphatic rings. The van der Waals surface area contributed by atoms with E-state index in [9.17, 15) is 9.18 Å². The Morgan fingerprint density at radius 2 is 1.68 bits per heavy atom. The zero-order chi connectivity index (χ0) is 21.8. The molecule has 0 unspecified atom stereocenters. The number of ether oxygens (including phenoxy) is 2. The molecule has 0 atom stereocenters. The minimum absolute atomic E-state index is 0.154. The highest BCUT2D eigenvalue weighted by Gasteiger charge is 2.22. The monoisotopic (exact) mass is 423 g/mol. The molecule has 2 aromatic carbocycles. The first-order chi connectivity index (χ1) is 15.0. The van der Waals surface area contributed by atoms with Gasteiger partial charge in [0.15, 0.2) is 0 Å². The highest BCUT2D eigenvalue weighted by atomic mass is 19.1. The molecule has 1 aromatic heterocycles. The highest BCUT2D eigenvalue weighted by molar-refractivity contribution is 5.76. The molecule has 1 saturated heterocycles. The van der Waals surface area contributed by atoms with Crippen LogP contribution < -0.4 is 9.47 Å². The van der Waals surface area contributed by atoms with Gasteiger partial charge in [0, 0.05) is 25.1 Å². The van der Waals surface area contributed by atoms with E-state index < -0.39 is 0 Å². The summed E-state index contributed by atoms with van der Waals surface area (Å²) in [5, 5.41) is 4.68. The molecular formula is C24H26FN3O3. The fourth-order valence-electron chi connectivity index (χ4n) is 3.80. The second kappa shape index (κ2) is 9.20. The van der Waals surface area contributed by atoms with Gasteiger partial charge in [-0.3, -0.25) is 4.79 Å². The van der Waals surface area contributed by atoms with Crippen molar-refractivity contribution in [1.29, 1.82) is 0 Å². The van der Waals surface area contributed by atoms with Crippen molar-refractivity contribution in [2.24, 2.45) is 0 Å². The molecular weight excluding hydrogens is 397 g/mol. The normalized spacial score (nSPS) is 13.5. The summed E-state index contributed by atoms with van der Waals surface area (Å²) in [5.41, 5.74) is 2.47. The van der Waals surface area contributed by atoms with Crippen molar-refractivity contribution < 1.29 is 18.7 Å². The van der Waals surface area contributed by atoms with Crippen molar-refractivity contribution in [2.75, 3.05) is 20.2 Å². The van der Waals surface area contributed by atoms with Crippen molar-refractivity contribution >= 4 is 5.91 Å². The van der Waals surface area contributed by atoms with Gasteiger partial charge in [-0.15, -0.1) is 0 Å². The van der Waals surface area contributed by atoms with Crippen LogP contribution in [-0.4, -0.2) is 40.8 Å². The number of nitrogens with zero attached hydrogens (tertiary/aromatic N) is 3. The second-order valence-corrected chi connectivity index (χ2v) is 7.62. The predicted octanol–water partition coefficient (Wildman–Crippen LogP) is 4.68. The van der Waals surface area contributed by atoms with E-state index in [0.717, 1.165) is 48.6 Å². The van der Waals surface area contributed by atoms with Gasteiger partial charge in [-0.25, -0.2) is 9.07 Å². The van der Waals surface area contributed by atoms with E-state index in [2.05, 4.69) is 5.10 Å². The Labute approximate surface area is 181 Å². The Hall–Kier alpha value is -3.35. The van der Waals surface area contributed by atoms with E-state index in [1.165, 1.54) is 12.1 Å². The van der Waals surface area contributed by atoms with Gasteiger partial charge < -0.3 is 14.4 Å². The van der Waals surface area contributed by atoms with Gasteiger partial charge in [0.05, 0.1) is 18.5 Å². The largest absolute Gasteiger partial charge is 0.497 e. The van der Waals surface area contributed by atoms with Gasteiger partial charge in [0.25, 0.3) is 0 Å². The van der Waals surface area contributed by atoms with Crippen LogP contribution in [0.25, 0.3) is 5.69 Å². The van der Waals surface area contributed by atoms with E-state index in [1.807, 2.05) is 36.1 Å². The predicted molar refractivity (Wildman–Crippen MR) is 115 cm³/mol. The smallest absolute Gasteiger partial charge is 0.226 e. The van der Waals surface area contributed by atoms with Crippen LogP contribution in [0.15, 0.2) is 48.5 Å². The Kier molecular flexibility index (Phi) is 6.21. The summed E-state index contributed by atoms with van der Waals surface area (Å²) in [6.45, 7) is 3.58. The molecule has 0 radical (unpaired) electrons. The zero-order valence-electron chi connectivity index (χ0n) is 17.8. The second-order valence-electron chi connectivity index (χ2n) is 7.62. The quantitative estimate of drug-likeness (QED) is 0.554. The fraction of sp³-hybridized carbons (Fsp3) is 0.333. The number of likely N-dealkylation sites (tertiary alicyclic amines) is 1. The summed E-state index contributed by atoms with van der Waals surface area (Å²) in [7, 11) is 1.62. The van der Waals surface area contributed by atoms with Gasteiger partial charge in [-0.05, 0) is 74.7 Å². The lowest BCUT2D eigenvalue weighted by atomic mass is 10.1. The van der Waals surface area contributed by atoms with E-state index in [-0.39, 0.29) is 11.7 Å². The number of carbonyl (C=O) groups excluding carboxylic acids is 1. The maximum Gasteiger partial charge on any atom is 0.226 e. The zero-order valence-corrected chi connectivity index (χ0v) is 17.8. The van der Waals surface area contributed by atoms with Gasteiger partial charge in [-0.1, -0.05) is 0 Å². The molecule has 0 saturated carbocycles. The Bertz CT molecular complexity index is 1040. The molecule has 1 fully saturated rings. The SMILES string of the molecule is COc1ccc(-n2nc(C)c(CCC(=O)N3CCCC3)c2Oc2ccc(F)cc2)cc1. The standard InChI is InChI=1S/C24H26FN3O3/c1-17-22(13-14-23(29)27-15-3-4-16-27)24(31-21-9-5-18(25)6-10-21)28(26-17)19-7-11-20(30-2)12-8-19/h5-12H,3-4,13-16H2,1-2H3. The molecule has 6 nitrogen and oxygen atoms in total. The van der Waals surface area contributed by atoms with Crippen LogP contribution in [0.1, 0.15) is 30.5 Å². The Balaban J connectivity index is 1.65. The van der Waals surface area contributed by atoms with Gasteiger partial charge in [0.2, 0.25) is 11.8 Å². The van der Waals surface area contributed by atoms with Crippen LogP contribution in [0.5, 0.6) is 17.4 Å². The molecule has 3 aromatic rings. The van der Waals surface area contributed by atoms with Crippen LogP contribution >= 0.6 is 0 Å². The molecule has 31 heavy (non-hydrogen) atoms. The van der Waals surface area contributed by atoms with Crippen molar-refractivity contribution in [3.8, 4) is 23.1 Å². The maximum atomic E-state index is 13.4. The Morgan fingerprint density at radius 3 is 2.32 bits per heavy atom. The molecule has 7 heteroatoms. The molecule has 0 bridgehead atoms. The van der Waals surface area contributed by atoms with Gasteiger partial charge >= 0.3 is 0 Å². The summed E-state index contributed by atoms with van der Waals surface area (Å²) in [6.07, 6.45) is 3.06. The lowest BCUT2D eigenvalue weighted by Gasteiger charge is -2.15. The number of hydrogen-bond acceptors (Lipinski definition) is 4. The molecule has 162 valence electrons. The average molecular weight is 423 g/mol. The van der Waals surface area contributed by atoms with E-state index in [4.69, 9.17) is 9.47 Å². The number of methoxy groups -OCH3 is 1. The summed E-state index contributed by atoms with van der Waals surface area (Å²) >= 11 is 0. The number of benzene rings is 2. The van der Waals surface area contributed by atoms with Crippen LogP contribution in [0.3, 0.4) is 0 Å². The number of carbonyl (C=O) groups is 1. The van der Waals surface area contributed by atoms with Gasteiger partial charge in [0.1, 0.15) is 17.3 Å². The first-order valence-corrected chi connectivity index (χ1v) is 10.5. The van der Waals surface area contributed by atoms with Crippen LogP contribution in [-0.2, 0) is 11.2 Å². The fourth-order valence-corrected chi connectivity index (χ4v) is 3.80. The summed E-state index contributed by atoms with van der Waals surface area (Å²) in [5.74, 6) is 1.60. The molecule has 4 rings (SSSR count). The van der Waals surface area contributed by atoms with Crippen LogP contribution in [0, 0.1) is 12.7 Å². The Morgan fingerprint density at radius 1 is 1.03 bits per heavy atom. The van der Waals surface area contributed by atoms with E-state index in [1.54, 1.807) is 23.9 Å². The third-order valence-corrected chi connectivity index (χ3v) is 5.53. The minimum atomic E-state index is -0.330. The van der Waals surface area contributed by atoms with Crippen molar-refractivity contribution in [3.05, 3.63) is 65.6 Å². The average Bonchev–Trinajstić information content (AvgIpc) is 3.43. The molecule has 0 spiro atoms. The molecule has 2 heterocycles. The first kappa shape index (κ1) is 20.9. The van der Waals surface area contributed by atoms with E-state index in [0.29, 0.717) is 24.5 Å². The number of rotatable bonds is 7. The lowest BCUT2D eigenvalue weighted by molar-refractivity contribution is -0.130. The van der Waals surface area contributed by atoms with Crippen LogP contribution in [0.2, 0.25) is 0 Å².